The molecule has 1 heterocycles. The van der Waals surface area contributed by atoms with Crippen LogP contribution in [0.1, 0.15) is 70.4 Å². The molecule has 2 atom stereocenters. The van der Waals surface area contributed by atoms with Gasteiger partial charge in [-0.1, -0.05) is 37.3 Å². The lowest BCUT2D eigenvalue weighted by Gasteiger charge is -2.39. The molecular weight excluding hydrogens is 391 g/mol. The average Bonchev–Trinajstić information content (AvgIpc) is 3.29. The maximum absolute atomic E-state index is 13.2. The quantitative estimate of drug-likeness (QED) is 0.685. The summed E-state index contributed by atoms with van der Waals surface area (Å²) in [5, 5.41) is 9.47. The summed E-state index contributed by atoms with van der Waals surface area (Å²) in [5.74, 6) is 0.318. The Kier molecular flexibility index (Phi) is 5.35. The van der Waals surface area contributed by atoms with Crippen LogP contribution in [0.4, 0.5) is 13.2 Å². The first-order chi connectivity index (χ1) is 14.1. The van der Waals surface area contributed by atoms with Crippen molar-refractivity contribution in [3.63, 3.8) is 0 Å². The summed E-state index contributed by atoms with van der Waals surface area (Å²) in [4.78, 5) is 13.2. The number of fused-ring (bicyclic) bond motifs is 2. The molecule has 30 heavy (non-hydrogen) atoms. The lowest BCUT2D eigenvalue weighted by molar-refractivity contribution is -0.136. The number of nitrogens with one attached hydrogen (secondary N) is 1. The lowest BCUT2D eigenvalue weighted by atomic mass is 9.76. The molecule has 7 heteroatoms. The fourth-order valence-corrected chi connectivity index (χ4v) is 5.71. The second kappa shape index (κ2) is 7.57. The van der Waals surface area contributed by atoms with Crippen LogP contribution < -0.4 is 5.32 Å². The first-order valence-corrected chi connectivity index (χ1v) is 10.9. The highest BCUT2D eigenvalue weighted by atomic mass is 19.4. The molecule has 164 valence electrons. The van der Waals surface area contributed by atoms with E-state index in [1.807, 2.05) is 30.3 Å². The molecule has 1 aromatic carbocycles. The maximum Gasteiger partial charge on any atom is 0.389 e. The van der Waals surface area contributed by atoms with Gasteiger partial charge in [-0.15, -0.1) is 0 Å². The monoisotopic (exact) mass is 421 g/mol. The molecule has 0 saturated heterocycles. The minimum absolute atomic E-state index is 0.0386. The summed E-state index contributed by atoms with van der Waals surface area (Å²) >= 11 is 0. The first kappa shape index (κ1) is 21.2. The molecule has 2 bridgehead atoms. The molecule has 0 spiro atoms. The van der Waals surface area contributed by atoms with Crippen molar-refractivity contribution in [2.75, 3.05) is 6.54 Å². The Morgan fingerprint density at radius 3 is 2.43 bits per heavy atom. The van der Waals surface area contributed by atoms with Crippen LogP contribution in [0.15, 0.2) is 35.4 Å². The zero-order valence-corrected chi connectivity index (χ0v) is 17.6. The van der Waals surface area contributed by atoms with Crippen LogP contribution >= 0.6 is 0 Å². The van der Waals surface area contributed by atoms with Crippen molar-refractivity contribution in [3.05, 3.63) is 35.9 Å². The standard InChI is InChI=1S/C23H30F3N3O/c1-21-12-9-17(10-13-21)22(21,2)27-20(30)18-15-19(16-7-4-3-5-8-16)29(28-18)14-6-11-23(24,25)26/h3-5,7-8,17,19H,6,9-15H2,1-2H3,(H,27,30). The average molecular weight is 422 g/mol. The Balaban J connectivity index is 1.49. The summed E-state index contributed by atoms with van der Waals surface area (Å²) in [5.41, 5.74) is 1.26. The van der Waals surface area contributed by atoms with E-state index in [1.165, 1.54) is 0 Å². The van der Waals surface area contributed by atoms with Crippen molar-refractivity contribution in [1.29, 1.82) is 0 Å². The van der Waals surface area contributed by atoms with Crippen LogP contribution in [-0.2, 0) is 4.79 Å². The second-order valence-corrected chi connectivity index (χ2v) is 9.55. The van der Waals surface area contributed by atoms with Gasteiger partial charge >= 0.3 is 6.18 Å². The molecule has 1 aliphatic heterocycles. The molecule has 2 aliphatic carbocycles. The minimum atomic E-state index is -4.18. The number of nitrogens with zero attached hydrogens (tertiary/aromatic N) is 2. The van der Waals surface area contributed by atoms with Gasteiger partial charge < -0.3 is 5.32 Å². The summed E-state index contributed by atoms with van der Waals surface area (Å²) in [6.07, 6.45) is -0.138. The molecular formula is C23H30F3N3O. The molecule has 4 nitrogen and oxygen atoms in total. The number of halogens is 3. The summed E-state index contributed by atoms with van der Waals surface area (Å²) in [7, 11) is 0. The molecule has 2 unspecified atom stereocenters. The van der Waals surface area contributed by atoms with E-state index in [-0.39, 0.29) is 35.9 Å². The Labute approximate surface area is 175 Å². The van der Waals surface area contributed by atoms with E-state index in [9.17, 15) is 18.0 Å². The zero-order valence-electron chi connectivity index (χ0n) is 17.6. The Hall–Kier alpha value is -2.05. The van der Waals surface area contributed by atoms with E-state index in [0.29, 0.717) is 18.1 Å². The second-order valence-electron chi connectivity index (χ2n) is 9.55. The van der Waals surface area contributed by atoms with Crippen molar-refractivity contribution < 1.29 is 18.0 Å². The summed E-state index contributed by atoms with van der Waals surface area (Å²) in [6, 6.07) is 9.38. The van der Waals surface area contributed by atoms with E-state index in [2.05, 4.69) is 24.3 Å². The highest BCUT2D eigenvalue weighted by Crippen LogP contribution is 2.60. The number of hydrazone groups is 1. The van der Waals surface area contributed by atoms with Crippen molar-refractivity contribution in [2.45, 2.75) is 76.6 Å². The third-order valence-corrected chi connectivity index (χ3v) is 7.82. The molecule has 1 aromatic rings. The predicted octanol–water partition coefficient (Wildman–Crippen LogP) is 5.22. The fourth-order valence-electron chi connectivity index (χ4n) is 5.71. The summed E-state index contributed by atoms with van der Waals surface area (Å²) in [6.45, 7) is 4.58. The van der Waals surface area contributed by atoms with Gasteiger partial charge in [-0.05, 0) is 55.9 Å². The summed E-state index contributed by atoms with van der Waals surface area (Å²) < 4.78 is 37.9. The van der Waals surface area contributed by atoms with Gasteiger partial charge in [0.15, 0.2) is 0 Å². The van der Waals surface area contributed by atoms with E-state index in [0.717, 1.165) is 31.2 Å². The molecule has 2 saturated carbocycles. The van der Waals surface area contributed by atoms with Crippen LogP contribution in [0.25, 0.3) is 0 Å². The third kappa shape index (κ3) is 3.83. The number of carbonyl (C=O) groups is 1. The number of hydrogen-bond acceptors (Lipinski definition) is 3. The van der Waals surface area contributed by atoms with Crippen molar-refractivity contribution in [3.8, 4) is 0 Å². The number of hydrogen-bond donors (Lipinski definition) is 1. The topological polar surface area (TPSA) is 44.7 Å². The molecule has 2 fully saturated rings. The maximum atomic E-state index is 13.2. The van der Waals surface area contributed by atoms with Gasteiger partial charge in [-0.2, -0.15) is 18.3 Å². The third-order valence-electron chi connectivity index (χ3n) is 7.82. The number of amides is 1. The van der Waals surface area contributed by atoms with Gasteiger partial charge in [0.25, 0.3) is 5.91 Å². The van der Waals surface area contributed by atoms with Crippen LogP contribution in [-0.4, -0.2) is 34.9 Å². The SMILES string of the molecule is CC12CCC(CC1)C2(C)NC(=O)C1=NN(CCCC(F)(F)F)C(c2ccccc2)C1. The van der Waals surface area contributed by atoms with Gasteiger partial charge in [0.2, 0.25) is 0 Å². The smallest absolute Gasteiger partial charge is 0.345 e. The highest BCUT2D eigenvalue weighted by Gasteiger charge is 2.59. The van der Waals surface area contributed by atoms with Crippen LogP contribution in [0.2, 0.25) is 0 Å². The fraction of sp³-hybridized carbons (Fsp3) is 0.652. The number of rotatable bonds is 6. The Bertz CT molecular complexity index is 815. The van der Waals surface area contributed by atoms with Crippen molar-refractivity contribution in [1.82, 2.24) is 10.3 Å². The van der Waals surface area contributed by atoms with Crippen LogP contribution in [0.5, 0.6) is 0 Å². The predicted molar refractivity (Wildman–Crippen MR) is 110 cm³/mol. The van der Waals surface area contributed by atoms with Gasteiger partial charge in [0, 0.05) is 24.9 Å². The van der Waals surface area contributed by atoms with Gasteiger partial charge in [0.1, 0.15) is 5.71 Å². The molecule has 0 radical (unpaired) electrons. The number of alkyl halides is 3. The number of benzene rings is 1. The van der Waals surface area contributed by atoms with Gasteiger partial charge in [-0.25, -0.2) is 0 Å². The Morgan fingerprint density at radius 1 is 1.20 bits per heavy atom. The van der Waals surface area contributed by atoms with Crippen LogP contribution in [0.3, 0.4) is 0 Å². The van der Waals surface area contributed by atoms with Gasteiger partial charge in [0.05, 0.1) is 6.04 Å². The highest BCUT2D eigenvalue weighted by molar-refractivity contribution is 6.39. The first-order valence-electron chi connectivity index (χ1n) is 10.9. The molecule has 1 N–H and O–H groups in total. The van der Waals surface area contributed by atoms with E-state index in [4.69, 9.17) is 0 Å². The van der Waals surface area contributed by atoms with Crippen molar-refractivity contribution >= 4 is 11.6 Å². The van der Waals surface area contributed by atoms with Crippen molar-refractivity contribution in [2.24, 2.45) is 16.4 Å². The zero-order chi connectivity index (χ0) is 21.6. The minimum Gasteiger partial charge on any atom is -0.345 e. The molecule has 3 aliphatic rings. The van der Waals surface area contributed by atoms with Gasteiger partial charge in [-0.3, -0.25) is 9.80 Å². The molecule has 0 aromatic heterocycles. The molecule has 1 amide bonds. The van der Waals surface area contributed by atoms with E-state index >= 15 is 0 Å². The normalized spacial score (nSPS) is 33.1. The van der Waals surface area contributed by atoms with E-state index < -0.39 is 12.6 Å². The van der Waals surface area contributed by atoms with E-state index in [1.54, 1.807) is 5.01 Å². The van der Waals surface area contributed by atoms with Crippen LogP contribution in [0, 0.1) is 11.3 Å². The largest absolute Gasteiger partial charge is 0.389 e. The Morgan fingerprint density at radius 2 is 1.87 bits per heavy atom. The molecule has 4 rings (SSSR count). The lowest BCUT2D eigenvalue weighted by Crippen LogP contribution is -2.55. The number of carbonyl (C=O) groups excluding carboxylic acids is 1.